The summed E-state index contributed by atoms with van der Waals surface area (Å²) in [5.74, 6) is -2.16. The molecule has 1 unspecified atom stereocenters. The van der Waals surface area contributed by atoms with Crippen molar-refractivity contribution in [1.29, 1.82) is 0 Å². The van der Waals surface area contributed by atoms with Gasteiger partial charge in [-0.15, -0.1) is 0 Å². The third-order valence-corrected chi connectivity index (χ3v) is 3.74. The van der Waals surface area contributed by atoms with Crippen molar-refractivity contribution in [2.24, 2.45) is 5.92 Å². The molecule has 1 aliphatic rings. The summed E-state index contributed by atoms with van der Waals surface area (Å²) in [5.41, 5.74) is 0.172. The number of carbonyl (C=O) groups excluding carboxylic acids is 2. The second-order valence-corrected chi connectivity index (χ2v) is 5.43. The van der Waals surface area contributed by atoms with Crippen molar-refractivity contribution in [2.75, 3.05) is 25.0 Å². The normalized spacial score (nSPS) is 18.4. The predicted octanol–water partition coefficient (Wildman–Crippen LogP) is 1.65. The minimum absolute atomic E-state index is 0.00322. The first-order valence-corrected chi connectivity index (χ1v) is 7.05. The first-order valence-electron chi connectivity index (χ1n) is 6.67. The van der Waals surface area contributed by atoms with Crippen LogP contribution in [-0.4, -0.2) is 41.5 Å². The van der Waals surface area contributed by atoms with E-state index in [1.807, 2.05) is 0 Å². The Morgan fingerprint density at radius 2 is 2.24 bits per heavy atom. The maximum absolute atomic E-state index is 13.3. The fourth-order valence-corrected chi connectivity index (χ4v) is 2.42. The number of benzene rings is 1. The third kappa shape index (κ3) is 3.92. The van der Waals surface area contributed by atoms with Crippen LogP contribution in [0.4, 0.5) is 10.1 Å². The van der Waals surface area contributed by atoms with E-state index in [2.05, 4.69) is 5.32 Å². The highest BCUT2D eigenvalue weighted by molar-refractivity contribution is 6.39. The molecule has 2 amide bonds. The highest BCUT2D eigenvalue weighted by atomic mass is 35.5. The summed E-state index contributed by atoms with van der Waals surface area (Å²) in [5, 5.41) is 11.4. The summed E-state index contributed by atoms with van der Waals surface area (Å²) in [4.78, 5) is 25.3. The molecule has 114 valence electrons. The molecule has 0 saturated carbocycles. The Labute approximate surface area is 126 Å². The lowest BCUT2D eigenvalue weighted by Crippen LogP contribution is -2.45. The number of rotatable bonds is 2. The molecule has 0 radical (unpaired) electrons. The monoisotopic (exact) mass is 314 g/mol. The van der Waals surface area contributed by atoms with Gasteiger partial charge in [0, 0.05) is 25.4 Å². The number of carbonyl (C=O) groups is 2. The van der Waals surface area contributed by atoms with Gasteiger partial charge in [0.1, 0.15) is 5.82 Å². The van der Waals surface area contributed by atoms with Crippen LogP contribution in [0.5, 0.6) is 0 Å². The summed E-state index contributed by atoms with van der Waals surface area (Å²) in [7, 11) is 0. The van der Waals surface area contributed by atoms with Crippen LogP contribution in [0.25, 0.3) is 0 Å². The molecule has 1 aliphatic heterocycles. The molecule has 1 aromatic carbocycles. The number of aliphatic hydroxyl groups excluding tert-OH is 1. The fraction of sp³-hybridized carbons (Fsp3) is 0.429. The largest absolute Gasteiger partial charge is 0.396 e. The van der Waals surface area contributed by atoms with E-state index in [-0.39, 0.29) is 23.2 Å². The lowest BCUT2D eigenvalue weighted by atomic mass is 9.99. The number of likely N-dealkylation sites (tertiary alicyclic amines) is 1. The quantitative estimate of drug-likeness (QED) is 0.816. The Morgan fingerprint density at radius 3 is 2.90 bits per heavy atom. The second-order valence-electron chi connectivity index (χ2n) is 5.03. The molecule has 2 N–H and O–H groups in total. The maximum Gasteiger partial charge on any atom is 0.313 e. The summed E-state index contributed by atoms with van der Waals surface area (Å²) >= 11 is 5.55. The lowest BCUT2D eigenvalue weighted by Gasteiger charge is -2.31. The third-order valence-electron chi connectivity index (χ3n) is 3.44. The van der Waals surface area contributed by atoms with E-state index >= 15 is 0 Å². The molecule has 7 heteroatoms. The van der Waals surface area contributed by atoms with Crippen molar-refractivity contribution in [3.63, 3.8) is 0 Å². The van der Waals surface area contributed by atoms with E-state index in [0.29, 0.717) is 13.1 Å². The van der Waals surface area contributed by atoms with Gasteiger partial charge in [0.2, 0.25) is 0 Å². The molecular formula is C14H16ClFN2O3. The van der Waals surface area contributed by atoms with E-state index in [4.69, 9.17) is 16.7 Å². The molecule has 0 bridgehead atoms. The molecule has 2 rings (SSSR count). The fourth-order valence-electron chi connectivity index (χ4n) is 2.30. The number of hydrogen-bond donors (Lipinski definition) is 2. The van der Waals surface area contributed by atoms with E-state index < -0.39 is 17.6 Å². The smallest absolute Gasteiger partial charge is 0.313 e. The number of nitrogens with zero attached hydrogens (tertiary/aromatic N) is 1. The van der Waals surface area contributed by atoms with Gasteiger partial charge in [-0.25, -0.2) is 4.39 Å². The van der Waals surface area contributed by atoms with Crippen LogP contribution in [-0.2, 0) is 9.59 Å². The molecule has 1 heterocycles. The zero-order valence-electron chi connectivity index (χ0n) is 11.3. The molecule has 1 saturated heterocycles. The Kier molecular flexibility index (Phi) is 5.14. The van der Waals surface area contributed by atoms with Crippen molar-refractivity contribution in [2.45, 2.75) is 12.8 Å². The highest BCUT2D eigenvalue weighted by Crippen LogP contribution is 2.19. The van der Waals surface area contributed by atoms with Gasteiger partial charge in [0.15, 0.2) is 0 Å². The van der Waals surface area contributed by atoms with Crippen molar-refractivity contribution in [1.82, 2.24) is 4.90 Å². The Balaban J connectivity index is 1.99. The van der Waals surface area contributed by atoms with Gasteiger partial charge in [0.25, 0.3) is 0 Å². The van der Waals surface area contributed by atoms with Gasteiger partial charge in [-0.1, -0.05) is 11.6 Å². The van der Waals surface area contributed by atoms with Crippen molar-refractivity contribution >= 4 is 29.1 Å². The minimum Gasteiger partial charge on any atom is -0.396 e. The summed E-state index contributed by atoms with van der Waals surface area (Å²) in [6.45, 7) is 0.837. The maximum atomic E-state index is 13.3. The molecule has 1 atom stereocenters. The van der Waals surface area contributed by atoms with Crippen molar-refractivity contribution < 1.29 is 19.1 Å². The zero-order valence-corrected chi connectivity index (χ0v) is 12.1. The van der Waals surface area contributed by atoms with E-state index in [1.165, 1.54) is 17.0 Å². The molecular weight excluding hydrogens is 299 g/mol. The van der Waals surface area contributed by atoms with Crippen LogP contribution >= 0.6 is 11.6 Å². The van der Waals surface area contributed by atoms with E-state index in [1.54, 1.807) is 0 Å². The number of nitrogens with one attached hydrogen (secondary N) is 1. The van der Waals surface area contributed by atoms with Gasteiger partial charge in [-0.3, -0.25) is 9.59 Å². The van der Waals surface area contributed by atoms with E-state index in [9.17, 15) is 14.0 Å². The Bertz CT molecular complexity index is 553. The molecule has 1 fully saturated rings. The van der Waals surface area contributed by atoms with Crippen LogP contribution in [0.15, 0.2) is 18.2 Å². The average Bonchev–Trinajstić information content (AvgIpc) is 2.50. The van der Waals surface area contributed by atoms with E-state index in [0.717, 1.165) is 18.9 Å². The van der Waals surface area contributed by atoms with Gasteiger partial charge < -0.3 is 15.3 Å². The molecule has 0 aromatic heterocycles. The molecule has 0 spiro atoms. The van der Waals surface area contributed by atoms with Crippen molar-refractivity contribution in [3.05, 3.63) is 29.0 Å². The zero-order chi connectivity index (χ0) is 15.4. The standard InChI is InChI=1S/C14H16ClFN2O3/c15-11-4-3-10(6-12(11)16)17-13(20)14(21)18-5-1-2-9(7-18)8-19/h3-4,6,9,19H,1-2,5,7-8H2,(H,17,20). The number of hydrogen-bond acceptors (Lipinski definition) is 3. The van der Waals surface area contributed by atoms with Gasteiger partial charge >= 0.3 is 11.8 Å². The number of anilines is 1. The van der Waals surface area contributed by atoms with Crippen LogP contribution in [0.2, 0.25) is 5.02 Å². The SMILES string of the molecule is O=C(Nc1ccc(Cl)c(F)c1)C(=O)N1CCCC(CO)C1. The minimum atomic E-state index is -0.824. The molecule has 5 nitrogen and oxygen atoms in total. The highest BCUT2D eigenvalue weighted by Gasteiger charge is 2.27. The second kappa shape index (κ2) is 6.87. The van der Waals surface area contributed by atoms with Crippen molar-refractivity contribution in [3.8, 4) is 0 Å². The topological polar surface area (TPSA) is 69.6 Å². The predicted molar refractivity (Wildman–Crippen MR) is 76.4 cm³/mol. The number of amides is 2. The molecule has 1 aromatic rings. The summed E-state index contributed by atoms with van der Waals surface area (Å²) in [6.07, 6.45) is 1.59. The summed E-state index contributed by atoms with van der Waals surface area (Å²) < 4.78 is 13.3. The first kappa shape index (κ1) is 15.7. The van der Waals surface area contributed by atoms with Crippen LogP contribution in [0.1, 0.15) is 12.8 Å². The number of piperidine rings is 1. The van der Waals surface area contributed by atoms with Crippen LogP contribution in [0, 0.1) is 11.7 Å². The Morgan fingerprint density at radius 1 is 1.48 bits per heavy atom. The first-order chi connectivity index (χ1) is 10.0. The van der Waals surface area contributed by atoms with Crippen LogP contribution in [0.3, 0.4) is 0 Å². The lowest BCUT2D eigenvalue weighted by molar-refractivity contribution is -0.144. The van der Waals surface area contributed by atoms with Gasteiger partial charge in [-0.2, -0.15) is 0 Å². The Hall–Kier alpha value is -1.66. The molecule has 21 heavy (non-hydrogen) atoms. The average molecular weight is 315 g/mol. The summed E-state index contributed by atoms with van der Waals surface area (Å²) in [6, 6.07) is 3.78. The molecule has 0 aliphatic carbocycles. The number of halogens is 2. The number of aliphatic hydroxyl groups is 1. The van der Waals surface area contributed by atoms with Gasteiger partial charge in [0.05, 0.1) is 5.02 Å². The van der Waals surface area contributed by atoms with Gasteiger partial charge in [-0.05, 0) is 37.0 Å². The van der Waals surface area contributed by atoms with Crippen LogP contribution < -0.4 is 5.32 Å².